The fraction of sp³-hybridized carbons (Fsp3) is 0.286. The zero-order chi connectivity index (χ0) is 14.5. The van der Waals surface area contributed by atoms with E-state index in [9.17, 15) is 4.79 Å². The molecule has 20 heavy (non-hydrogen) atoms. The molecule has 2 rings (SSSR count). The molecular formula is C14H16ClN3O2. The molecule has 6 heteroatoms. The van der Waals surface area contributed by atoms with Crippen molar-refractivity contribution in [2.75, 3.05) is 13.7 Å². The Labute approximate surface area is 122 Å². The van der Waals surface area contributed by atoms with E-state index in [-0.39, 0.29) is 5.78 Å². The van der Waals surface area contributed by atoms with E-state index in [0.29, 0.717) is 23.9 Å². The van der Waals surface area contributed by atoms with Gasteiger partial charge in [-0.25, -0.2) is 0 Å². The van der Waals surface area contributed by atoms with Crippen molar-refractivity contribution in [2.45, 2.75) is 12.6 Å². The molecular weight excluding hydrogens is 278 g/mol. The summed E-state index contributed by atoms with van der Waals surface area (Å²) >= 11 is 6.05. The molecule has 0 aliphatic heterocycles. The van der Waals surface area contributed by atoms with E-state index in [0.717, 1.165) is 5.56 Å². The molecule has 5 nitrogen and oxygen atoms in total. The number of rotatable bonds is 6. The first-order chi connectivity index (χ1) is 9.65. The zero-order valence-electron chi connectivity index (χ0n) is 11.1. The third-order valence-electron chi connectivity index (χ3n) is 2.98. The Hall–Kier alpha value is -1.69. The largest absolute Gasteiger partial charge is 0.383 e. The van der Waals surface area contributed by atoms with E-state index in [1.165, 1.54) is 10.9 Å². The number of nitrogens with two attached hydrogens (primary N) is 1. The predicted molar refractivity (Wildman–Crippen MR) is 76.8 cm³/mol. The number of ketones is 1. The molecule has 0 amide bonds. The molecule has 0 spiro atoms. The van der Waals surface area contributed by atoms with Crippen LogP contribution in [0.25, 0.3) is 0 Å². The summed E-state index contributed by atoms with van der Waals surface area (Å²) in [5.74, 6) is -0.255. The van der Waals surface area contributed by atoms with E-state index < -0.39 is 6.04 Å². The van der Waals surface area contributed by atoms with E-state index in [1.54, 1.807) is 7.11 Å². The van der Waals surface area contributed by atoms with Crippen LogP contribution in [0, 0.1) is 0 Å². The predicted octanol–water partition coefficient (Wildman–Crippen LogP) is 2.07. The van der Waals surface area contributed by atoms with Gasteiger partial charge < -0.3 is 10.5 Å². The van der Waals surface area contributed by atoms with Crippen molar-refractivity contribution >= 4 is 17.4 Å². The van der Waals surface area contributed by atoms with Crippen LogP contribution in [0.15, 0.2) is 36.5 Å². The van der Waals surface area contributed by atoms with Gasteiger partial charge in [0, 0.05) is 7.11 Å². The van der Waals surface area contributed by atoms with Gasteiger partial charge in [-0.3, -0.25) is 9.48 Å². The summed E-state index contributed by atoms with van der Waals surface area (Å²) in [5, 5.41) is 4.38. The number of benzene rings is 1. The van der Waals surface area contributed by atoms with Crippen LogP contribution in [0.2, 0.25) is 5.02 Å². The van der Waals surface area contributed by atoms with Gasteiger partial charge in [0.1, 0.15) is 5.69 Å². The molecule has 1 atom stereocenters. The smallest absolute Gasteiger partial charge is 0.203 e. The molecule has 106 valence electrons. The van der Waals surface area contributed by atoms with Gasteiger partial charge >= 0.3 is 0 Å². The lowest BCUT2D eigenvalue weighted by molar-refractivity contribution is 0.0947. The third-order valence-corrected chi connectivity index (χ3v) is 3.25. The number of halogens is 1. The second-order valence-corrected chi connectivity index (χ2v) is 4.72. The van der Waals surface area contributed by atoms with Crippen molar-refractivity contribution in [3.05, 3.63) is 52.8 Å². The quantitative estimate of drug-likeness (QED) is 0.828. The third kappa shape index (κ3) is 3.07. The number of methoxy groups -OCH3 is 1. The molecule has 0 aliphatic rings. The minimum absolute atomic E-state index is 0.255. The Morgan fingerprint density at radius 1 is 1.45 bits per heavy atom. The maximum atomic E-state index is 12.5. The Balaban J connectivity index is 2.27. The van der Waals surface area contributed by atoms with Crippen LogP contribution in [0.3, 0.4) is 0 Å². The molecule has 2 N–H and O–H groups in total. The number of aromatic nitrogens is 2. The molecule has 1 aromatic carbocycles. The minimum atomic E-state index is -0.758. The topological polar surface area (TPSA) is 70.1 Å². The summed E-state index contributed by atoms with van der Waals surface area (Å²) in [4.78, 5) is 12.5. The Kier molecular flexibility index (Phi) is 4.89. The lowest BCUT2D eigenvalue weighted by Gasteiger charge is -2.13. The first-order valence-corrected chi connectivity index (χ1v) is 6.58. The van der Waals surface area contributed by atoms with E-state index >= 15 is 0 Å². The number of hydrogen-bond donors (Lipinski definition) is 1. The second kappa shape index (κ2) is 6.65. The van der Waals surface area contributed by atoms with Gasteiger partial charge in [0.15, 0.2) is 0 Å². The number of nitrogens with zero attached hydrogens (tertiary/aromatic N) is 2. The summed E-state index contributed by atoms with van der Waals surface area (Å²) in [6.07, 6.45) is 1.45. The summed E-state index contributed by atoms with van der Waals surface area (Å²) < 4.78 is 6.51. The average Bonchev–Trinajstić information content (AvgIpc) is 2.85. The second-order valence-electron chi connectivity index (χ2n) is 4.31. The maximum absolute atomic E-state index is 12.5. The monoisotopic (exact) mass is 293 g/mol. The fourth-order valence-corrected chi connectivity index (χ4v) is 2.15. The van der Waals surface area contributed by atoms with Gasteiger partial charge in [0.25, 0.3) is 0 Å². The van der Waals surface area contributed by atoms with E-state index in [4.69, 9.17) is 22.1 Å². The number of hydrogen-bond acceptors (Lipinski definition) is 4. The van der Waals surface area contributed by atoms with Gasteiger partial charge in [-0.15, -0.1) is 0 Å². The molecule has 0 fully saturated rings. The zero-order valence-corrected chi connectivity index (χ0v) is 11.9. The van der Waals surface area contributed by atoms with Crippen LogP contribution < -0.4 is 5.73 Å². The van der Waals surface area contributed by atoms with Crippen molar-refractivity contribution in [3.63, 3.8) is 0 Å². The Bertz CT molecular complexity index is 583. The molecule has 0 aliphatic carbocycles. The number of ether oxygens (including phenoxy) is 1. The van der Waals surface area contributed by atoms with Gasteiger partial charge in [-0.1, -0.05) is 41.9 Å². The van der Waals surface area contributed by atoms with Crippen molar-refractivity contribution in [1.82, 2.24) is 9.78 Å². The SMILES string of the molecule is COCCn1ncc(Cl)c1C(=O)[C@H](N)c1ccccc1. The van der Waals surface area contributed by atoms with Crippen LogP contribution >= 0.6 is 11.6 Å². The lowest BCUT2D eigenvalue weighted by Crippen LogP contribution is -2.25. The molecule has 1 aromatic heterocycles. The molecule has 0 saturated heterocycles. The molecule has 1 heterocycles. The lowest BCUT2D eigenvalue weighted by atomic mass is 10.0. The number of carbonyl (C=O) groups is 1. The average molecular weight is 294 g/mol. The highest BCUT2D eigenvalue weighted by Crippen LogP contribution is 2.22. The number of carbonyl (C=O) groups excluding carboxylic acids is 1. The van der Waals surface area contributed by atoms with Crippen molar-refractivity contribution < 1.29 is 9.53 Å². The van der Waals surface area contributed by atoms with Gasteiger partial charge in [0.2, 0.25) is 5.78 Å². The highest BCUT2D eigenvalue weighted by molar-refractivity contribution is 6.33. The normalized spacial score (nSPS) is 12.3. The van der Waals surface area contributed by atoms with Crippen molar-refractivity contribution in [2.24, 2.45) is 5.73 Å². The highest BCUT2D eigenvalue weighted by Gasteiger charge is 2.24. The van der Waals surface area contributed by atoms with Gasteiger partial charge in [-0.05, 0) is 5.56 Å². The summed E-state index contributed by atoms with van der Waals surface area (Å²) in [6, 6.07) is 8.42. The van der Waals surface area contributed by atoms with Crippen molar-refractivity contribution in [3.8, 4) is 0 Å². The molecule has 0 radical (unpaired) electrons. The van der Waals surface area contributed by atoms with Gasteiger partial charge in [0.05, 0.1) is 30.4 Å². The standard InChI is InChI=1S/C14H16ClN3O2/c1-20-8-7-18-13(11(15)9-17-18)14(19)12(16)10-5-3-2-4-6-10/h2-6,9,12H,7-8,16H2,1H3/t12-/m1/s1. The first-order valence-electron chi connectivity index (χ1n) is 6.20. The highest BCUT2D eigenvalue weighted by atomic mass is 35.5. The summed E-state index contributed by atoms with van der Waals surface area (Å²) in [7, 11) is 1.59. The Morgan fingerprint density at radius 2 is 2.15 bits per heavy atom. The van der Waals surface area contributed by atoms with Crippen LogP contribution in [0.4, 0.5) is 0 Å². The van der Waals surface area contributed by atoms with Crippen LogP contribution in [0.1, 0.15) is 22.1 Å². The first kappa shape index (κ1) is 14.7. The summed E-state index contributed by atoms with van der Waals surface area (Å²) in [5.41, 5.74) is 7.08. The fourth-order valence-electron chi connectivity index (χ4n) is 1.91. The van der Waals surface area contributed by atoms with Gasteiger partial charge in [-0.2, -0.15) is 5.10 Å². The minimum Gasteiger partial charge on any atom is -0.383 e. The van der Waals surface area contributed by atoms with E-state index in [1.807, 2.05) is 30.3 Å². The van der Waals surface area contributed by atoms with Crippen LogP contribution in [-0.4, -0.2) is 29.3 Å². The van der Waals surface area contributed by atoms with Crippen LogP contribution in [-0.2, 0) is 11.3 Å². The van der Waals surface area contributed by atoms with Crippen LogP contribution in [0.5, 0.6) is 0 Å². The molecule has 0 unspecified atom stereocenters. The Morgan fingerprint density at radius 3 is 2.80 bits per heavy atom. The summed E-state index contributed by atoms with van der Waals surface area (Å²) in [6.45, 7) is 0.894. The number of Topliss-reactive ketones (excluding diaryl/α,β-unsaturated/α-hetero) is 1. The maximum Gasteiger partial charge on any atom is 0.203 e. The molecule has 2 aromatic rings. The molecule has 0 saturated carbocycles. The van der Waals surface area contributed by atoms with Crippen molar-refractivity contribution in [1.29, 1.82) is 0 Å². The van der Waals surface area contributed by atoms with E-state index in [2.05, 4.69) is 5.10 Å². The molecule has 0 bridgehead atoms.